The van der Waals surface area contributed by atoms with Crippen LogP contribution in [-0.4, -0.2) is 28.6 Å². The molecule has 35 heavy (non-hydrogen) atoms. The average molecular weight is 484 g/mol. The monoisotopic (exact) mass is 483 g/mol. The molecule has 4 saturated carbocycles. The lowest BCUT2D eigenvalue weighted by atomic mass is 9.38. The van der Waals surface area contributed by atoms with Crippen LogP contribution in [0.15, 0.2) is 11.6 Å². The van der Waals surface area contributed by atoms with Crippen molar-refractivity contribution >= 4 is 11.8 Å². The van der Waals surface area contributed by atoms with E-state index in [2.05, 4.69) is 26.0 Å². The number of aliphatic hydroxyl groups is 1. The second-order valence-electron chi connectivity index (χ2n) is 12.6. The minimum absolute atomic E-state index is 0.0191. The fourth-order valence-corrected chi connectivity index (χ4v) is 9.80. The smallest absolute Gasteiger partial charge is 0.310 e. The van der Waals surface area contributed by atoms with Crippen LogP contribution in [0.25, 0.3) is 0 Å². The van der Waals surface area contributed by atoms with Gasteiger partial charge in [0.05, 0.1) is 11.5 Å². The summed E-state index contributed by atoms with van der Waals surface area (Å²) in [6.45, 7) is 10.6. The first kappa shape index (κ1) is 26.4. The number of carbonyl (C=O) groups is 2. The molecule has 0 radical (unpaired) electrons. The van der Waals surface area contributed by atoms with Crippen LogP contribution < -0.4 is 0 Å². The second-order valence-corrected chi connectivity index (χ2v) is 12.6. The Morgan fingerprint density at radius 1 is 1.14 bits per heavy atom. The second kappa shape index (κ2) is 9.33. The van der Waals surface area contributed by atoms with Crippen LogP contribution in [-0.2, 0) is 9.59 Å². The Hall–Kier alpha value is -1.67. The molecule has 0 aromatic carbocycles. The Bertz CT molecular complexity index is 935. The Kier molecular flexibility index (Phi) is 7.03. The topological polar surface area (TPSA) is 98.4 Å². The quantitative estimate of drug-likeness (QED) is 0.468. The van der Waals surface area contributed by atoms with Crippen LogP contribution in [0, 0.1) is 69.0 Å². The summed E-state index contributed by atoms with van der Waals surface area (Å²) in [6.07, 6.45) is 9.99. The predicted molar refractivity (Wildman–Crippen MR) is 135 cm³/mol. The summed E-state index contributed by atoms with van der Waals surface area (Å²) in [6, 6.07) is 2.26. The minimum Gasteiger partial charge on any atom is -0.481 e. The predicted octanol–water partition coefficient (Wildman–Crippen LogP) is 6.02. The molecular weight excluding hydrogens is 438 g/mol. The van der Waals surface area contributed by atoms with Crippen LogP contribution in [0.3, 0.4) is 0 Å². The zero-order valence-electron chi connectivity index (χ0n) is 22.3. The van der Waals surface area contributed by atoms with E-state index in [1.807, 2.05) is 20.8 Å². The third-order valence-corrected chi connectivity index (χ3v) is 11.5. The van der Waals surface area contributed by atoms with Crippen LogP contribution >= 0.6 is 0 Å². The Morgan fingerprint density at radius 2 is 1.83 bits per heavy atom. The summed E-state index contributed by atoms with van der Waals surface area (Å²) < 4.78 is 0. The van der Waals surface area contributed by atoms with E-state index >= 15 is 0 Å². The van der Waals surface area contributed by atoms with Crippen LogP contribution in [0.5, 0.6) is 0 Å². The molecule has 0 amide bonds. The first-order valence-corrected chi connectivity index (χ1v) is 14.1. The molecule has 5 aliphatic carbocycles. The highest BCUT2D eigenvalue weighted by Crippen LogP contribution is 2.70. The van der Waals surface area contributed by atoms with Crippen molar-refractivity contribution in [3.8, 4) is 6.07 Å². The molecule has 194 valence electrons. The third-order valence-electron chi connectivity index (χ3n) is 11.5. The zero-order valence-corrected chi connectivity index (χ0v) is 22.3. The number of nitriles is 1. The molecule has 10 atom stereocenters. The maximum atomic E-state index is 12.9. The SMILES string of the molecule is CC.CC1CCC2(C(=O)O)CCC3C(=CCC4C3(C)CCC3C(C)C(=O)C(C#N)CC34CO)C2C1. The third kappa shape index (κ3) is 3.57. The fourth-order valence-electron chi connectivity index (χ4n) is 9.80. The van der Waals surface area contributed by atoms with E-state index in [9.17, 15) is 25.1 Å². The van der Waals surface area contributed by atoms with Crippen molar-refractivity contribution in [1.29, 1.82) is 5.26 Å². The number of fused-ring (bicyclic) bond motifs is 7. The number of hydrogen-bond acceptors (Lipinski definition) is 4. The van der Waals surface area contributed by atoms with Gasteiger partial charge in [-0.05, 0) is 92.8 Å². The number of Topliss-reactive ketones (excluding diaryl/α,β-unsaturated/α-hetero) is 1. The molecule has 0 aromatic heterocycles. The average Bonchev–Trinajstić information content (AvgIpc) is 2.86. The van der Waals surface area contributed by atoms with Crippen molar-refractivity contribution in [2.24, 2.45) is 57.7 Å². The zero-order chi connectivity index (χ0) is 25.8. The number of nitrogens with zero attached hydrogens (tertiary/aromatic N) is 1. The number of allylic oxidation sites excluding steroid dienone is 2. The van der Waals surface area contributed by atoms with Crippen molar-refractivity contribution in [1.82, 2.24) is 0 Å². The van der Waals surface area contributed by atoms with E-state index in [1.165, 1.54) is 5.57 Å². The number of hydrogen-bond donors (Lipinski definition) is 2. The van der Waals surface area contributed by atoms with Gasteiger partial charge in [0.1, 0.15) is 5.92 Å². The largest absolute Gasteiger partial charge is 0.481 e. The van der Waals surface area contributed by atoms with Crippen molar-refractivity contribution in [2.45, 2.75) is 92.4 Å². The van der Waals surface area contributed by atoms with Gasteiger partial charge < -0.3 is 10.2 Å². The summed E-state index contributed by atoms with van der Waals surface area (Å²) in [5.41, 5.74) is 0.359. The van der Waals surface area contributed by atoms with Gasteiger partial charge in [-0.1, -0.05) is 46.3 Å². The lowest BCUT2D eigenvalue weighted by molar-refractivity contribution is -0.178. The number of carbonyl (C=O) groups excluding carboxylic acids is 1. The first-order valence-electron chi connectivity index (χ1n) is 14.1. The molecule has 2 N–H and O–H groups in total. The summed E-state index contributed by atoms with van der Waals surface area (Å²) in [4.78, 5) is 25.4. The van der Waals surface area contributed by atoms with Crippen molar-refractivity contribution in [3.05, 3.63) is 11.6 Å². The van der Waals surface area contributed by atoms with Gasteiger partial charge in [-0.2, -0.15) is 5.26 Å². The van der Waals surface area contributed by atoms with Crippen molar-refractivity contribution in [3.63, 3.8) is 0 Å². The Morgan fingerprint density at radius 3 is 2.46 bits per heavy atom. The molecule has 5 heteroatoms. The van der Waals surface area contributed by atoms with Gasteiger partial charge in [-0.3, -0.25) is 9.59 Å². The molecule has 5 rings (SSSR count). The normalized spacial score (nSPS) is 48.4. The van der Waals surface area contributed by atoms with Crippen molar-refractivity contribution < 1.29 is 19.8 Å². The number of ketones is 1. The molecule has 4 fully saturated rings. The summed E-state index contributed by atoms with van der Waals surface area (Å²) in [5, 5.41) is 30.9. The van der Waals surface area contributed by atoms with E-state index in [1.54, 1.807) is 0 Å². The molecule has 0 heterocycles. The summed E-state index contributed by atoms with van der Waals surface area (Å²) in [5.74, 6) is 0.0103. The molecule has 0 bridgehead atoms. The molecule has 0 spiro atoms. The van der Waals surface area contributed by atoms with E-state index in [0.717, 1.165) is 51.4 Å². The van der Waals surface area contributed by atoms with Gasteiger partial charge in [-0.25, -0.2) is 0 Å². The minimum atomic E-state index is -0.624. The summed E-state index contributed by atoms with van der Waals surface area (Å²) >= 11 is 0. The van der Waals surface area contributed by atoms with E-state index in [-0.39, 0.29) is 41.5 Å². The molecule has 10 unspecified atom stereocenters. The Labute approximate surface area is 211 Å². The lowest BCUT2D eigenvalue weighted by Gasteiger charge is -2.66. The first-order chi connectivity index (χ1) is 16.6. The molecule has 0 aliphatic heterocycles. The summed E-state index contributed by atoms with van der Waals surface area (Å²) in [7, 11) is 0. The van der Waals surface area contributed by atoms with Gasteiger partial charge in [-0.15, -0.1) is 0 Å². The highest BCUT2D eigenvalue weighted by Gasteiger charge is 2.66. The van der Waals surface area contributed by atoms with Gasteiger partial charge >= 0.3 is 5.97 Å². The van der Waals surface area contributed by atoms with E-state index < -0.39 is 22.7 Å². The molecule has 5 nitrogen and oxygen atoms in total. The highest BCUT2D eigenvalue weighted by molar-refractivity contribution is 5.86. The molecule has 0 aromatic rings. The maximum absolute atomic E-state index is 12.9. The van der Waals surface area contributed by atoms with E-state index in [0.29, 0.717) is 18.3 Å². The molecular formula is C30H45NO4. The highest BCUT2D eigenvalue weighted by atomic mass is 16.4. The van der Waals surface area contributed by atoms with Crippen LogP contribution in [0.1, 0.15) is 92.4 Å². The van der Waals surface area contributed by atoms with Gasteiger partial charge in [0.15, 0.2) is 5.78 Å². The number of aliphatic carboxylic acids is 1. The number of carboxylic acids is 1. The van der Waals surface area contributed by atoms with E-state index in [4.69, 9.17) is 0 Å². The van der Waals surface area contributed by atoms with Crippen LogP contribution in [0.2, 0.25) is 0 Å². The van der Waals surface area contributed by atoms with Gasteiger partial charge in [0, 0.05) is 17.9 Å². The number of rotatable bonds is 2. The van der Waals surface area contributed by atoms with Gasteiger partial charge in [0.25, 0.3) is 0 Å². The van der Waals surface area contributed by atoms with Crippen molar-refractivity contribution in [2.75, 3.05) is 6.61 Å². The number of aliphatic hydroxyl groups excluding tert-OH is 1. The lowest BCUT2D eigenvalue weighted by Crippen LogP contribution is -2.62. The van der Waals surface area contributed by atoms with Gasteiger partial charge in [0.2, 0.25) is 0 Å². The maximum Gasteiger partial charge on any atom is 0.310 e. The standard InChI is InChI=1S/C28H39NO4.C2H6/c1-16-6-10-27(25(32)33)11-8-21-19(22(27)12-16)4-5-23-26(21,3)9-7-20-17(2)24(31)18(14-29)13-28(20,23)15-30;1-2/h4,16-18,20-23,30H,5-13,15H2,1-3H3,(H,32,33);1-2H3. The Balaban J connectivity index is 0.00000141. The number of carboxylic acid groups (broad SMARTS) is 1. The van der Waals surface area contributed by atoms with Crippen LogP contribution in [0.4, 0.5) is 0 Å². The fraction of sp³-hybridized carbons (Fsp3) is 0.833. The molecule has 0 saturated heterocycles. The molecule has 5 aliphatic rings.